The Hall–Kier alpha value is -2.30. The van der Waals surface area contributed by atoms with Crippen LogP contribution in [0.15, 0.2) is 42.2 Å². The molecule has 0 saturated carbocycles. The molecule has 0 spiro atoms. The fourth-order valence-electron chi connectivity index (χ4n) is 4.24. The normalized spacial score (nSPS) is 27.8. The van der Waals surface area contributed by atoms with Crippen molar-refractivity contribution in [2.45, 2.75) is 46.4 Å². The van der Waals surface area contributed by atoms with E-state index in [9.17, 15) is 9.59 Å². The highest BCUT2D eigenvalue weighted by Crippen LogP contribution is 2.43. The van der Waals surface area contributed by atoms with Crippen LogP contribution in [-0.4, -0.2) is 35.5 Å². The second kappa shape index (κ2) is 7.52. The van der Waals surface area contributed by atoms with Crippen LogP contribution in [0.4, 0.5) is 0 Å². The summed E-state index contributed by atoms with van der Waals surface area (Å²) in [5.41, 5.74) is 1.08. The van der Waals surface area contributed by atoms with Crippen LogP contribution < -0.4 is 0 Å². The van der Waals surface area contributed by atoms with Gasteiger partial charge in [0.1, 0.15) is 0 Å². The van der Waals surface area contributed by atoms with E-state index in [-0.39, 0.29) is 35.7 Å². The molecule has 2 heterocycles. The molecule has 0 N–H and O–H groups in total. The van der Waals surface area contributed by atoms with Gasteiger partial charge in [-0.05, 0) is 31.4 Å². The van der Waals surface area contributed by atoms with Gasteiger partial charge in [0.15, 0.2) is 0 Å². The Morgan fingerprint density at radius 3 is 2.58 bits per heavy atom. The Bertz CT molecular complexity index is 697. The van der Waals surface area contributed by atoms with Crippen LogP contribution in [0, 0.1) is 17.8 Å². The zero-order valence-electron chi connectivity index (χ0n) is 15.8. The van der Waals surface area contributed by atoms with E-state index in [1.807, 2.05) is 41.3 Å². The number of rotatable bonds is 5. The summed E-state index contributed by atoms with van der Waals surface area (Å²) in [7, 11) is 0. The second-order valence-corrected chi connectivity index (χ2v) is 7.36. The molecule has 0 aliphatic carbocycles. The molecule has 1 fully saturated rings. The summed E-state index contributed by atoms with van der Waals surface area (Å²) in [6.07, 6.45) is 1.13. The zero-order valence-corrected chi connectivity index (χ0v) is 15.8. The summed E-state index contributed by atoms with van der Waals surface area (Å²) in [6, 6.07) is 9.88. The van der Waals surface area contributed by atoms with E-state index >= 15 is 0 Å². The number of fused-ring (bicyclic) bond motifs is 1. The molecule has 0 radical (unpaired) electrons. The topological polar surface area (TPSA) is 55.8 Å². The summed E-state index contributed by atoms with van der Waals surface area (Å²) in [4.78, 5) is 27.6. The van der Waals surface area contributed by atoms with Gasteiger partial charge in [0.25, 0.3) is 0 Å². The molecule has 1 aromatic carbocycles. The van der Waals surface area contributed by atoms with Crippen molar-refractivity contribution in [1.29, 1.82) is 0 Å². The van der Waals surface area contributed by atoms with Crippen LogP contribution in [-0.2, 0) is 25.6 Å². The van der Waals surface area contributed by atoms with Crippen molar-refractivity contribution in [3.8, 4) is 0 Å². The van der Waals surface area contributed by atoms with Crippen molar-refractivity contribution >= 4 is 11.9 Å². The standard InChI is InChI=1S/C21H27NO4/c1-5-25-21(24)19-17-16(11-14(4)26-19)20(23)22(18(17)13(2)3)12-15-9-7-6-8-10-15/h6-11,13,16-19H,5,12H2,1-4H3/t16-,17+,18-,19-/m0/s1. The Kier molecular flexibility index (Phi) is 5.35. The van der Waals surface area contributed by atoms with Crippen molar-refractivity contribution in [2.75, 3.05) is 6.61 Å². The van der Waals surface area contributed by atoms with Crippen LogP contribution >= 0.6 is 0 Å². The first-order valence-corrected chi connectivity index (χ1v) is 9.30. The van der Waals surface area contributed by atoms with E-state index in [4.69, 9.17) is 9.47 Å². The third-order valence-corrected chi connectivity index (χ3v) is 5.21. The van der Waals surface area contributed by atoms with Crippen LogP contribution in [0.1, 0.15) is 33.3 Å². The van der Waals surface area contributed by atoms with Crippen LogP contribution in [0.3, 0.4) is 0 Å². The summed E-state index contributed by atoms with van der Waals surface area (Å²) >= 11 is 0. The molecule has 3 rings (SSSR count). The Balaban J connectivity index is 1.96. The predicted octanol–water partition coefficient (Wildman–Crippen LogP) is 3.15. The third kappa shape index (κ3) is 3.35. The highest BCUT2D eigenvalue weighted by atomic mass is 16.6. The lowest BCUT2D eigenvalue weighted by molar-refractivity contribution is -0.160. The van der Waals surface area contributed by atoms with E-state index < -0.39 is 6.10 Å². The highest BCUT2D eigenvalue weighted by Gasteiger charge is 2.56. The van der Waals surface area contributed by atoms with Crippen LogP contribution in [0.25, 0.3) is 0 Å². The van der Waals surface area contributed by atoms with Gasteiger partial charge in [-0.15, -0.1) is 0 Å². The molecule has 0 unspecified atom stereocenters. The van der Waals surface area contributed by atoms with Gasteiger partial charge in [-0.25, -0.2) is 4.79 Å². The average molecular weight is 357 g/mol. The SMILES string of the molecule is CCOC(=O)[C@H]1OC(C)=C[C@@H]2C(=O)N(Cc3ccccc3)[C@@H](C(C)C)[C@@H]21. The van der Waals surface area contributed by atoms with Crippen molar-refractivity contribution in [3.63, 3.8) is 0 Å². The largest absolute Gasteiger partial charge is 0.483 e. The molecule has 1 aromatic rings. The molecule has 2 aliphatic heterocycles. The molecule has 4 atom stereocenters. The van der Waals surface area contributed by atoms with E-state index in [0.29, 0.717) is 18.9 Å². The number of carbonyl (C=O) groups is 2. The molecular weight excluding hydrogens is 330 g/mol. The molecule has 2 aliphatic rings. The van der Waals surface area contributed by atoms with Crippen molar-refractivity contribution in [1.82, 2.24) is 4.90 Å². The van der Waals surface area contributed by atoms with Gasteiger partial charge in [-0.2, -0.15) is 0 Å². The van der Waals surface area contributed by atoms with E-state index in [0.717, 1.165) is 5.56 Å². The lowest BCUT2D eigenvalue weighted by Crippen LogP contribution is -2.47. The fraction of sp³-hybridized carbons (Fsp3) is 0.524. The number of esters is 1. The summed E-state index contributed by atoms with van der Waals surface area (Å²) in [5.74, 6) is -0.0700. The van der Waals surface area contributed by atoms with Crippen molar-refractivity contribution in [3.05, 3.63) is 47.7 Å². The number of ether oxygens (including phenoxy) is 2. The molecule has 140 valence electrons. The van der Waals surface area contributed by atoms with Gasteiger partial charge < -0.3 is 14.4 Å². The van der Waals surface area contributed by atoms with Gasteiger partial charge in [0.05, 0.1) is 18.3 Å². The molecule has 1 amide bonds. The maximum absolute atomic E-state index is 13.2. The molecule has 1 saturated heterocycles. The fourth-order valence-corrected chi connectivity index (χ4v) is 4.24. The number of carbonyl (C=O) groups excluding carboxylic acids is 2. The van der Waals surface area contributed by atoms with E-state index in [1.165, 1.54) is 0 Å². The number of nitrogens with zero attached hydrogens (tertiary/aromatic N) is 1. The summed E-state index contributed by atoms with van der Waals surface area (Å²) in [6.45, 7) is 8.59. The number of hydrogen-bond donors (Lipinski definition) is 0. The Labute approximate surface area is 155 Å². The molecule has 0 aromatic heterocycles. The van der Waals surface area contributed by atoms with Crippen molar-refractivity contribution < 1.29 is 19.1 Å². The summed E-state index contributed by atoms with van der Waals surface area (Å²) in [5, 5.41) is 0. The number of allylic oxidation sites excluding steroid dienone is 1. The predicted molar refractivity (Wildman–Crippen MR) is 97.9 cm³/mol. The number of benzene rings is 1. The second-order valence-electron chi connectivity index (χ2n) is 7.36. The molecular formula is C21H27NO4. The maximum atomic E-state index is 13.2. The minimum absolute atomic E-state index is 0.0644. The Morgan fingerprint density at radius 1 is 1.27 bits per heavy atom. The average Bonchev–Trinajstić information content (AvgIpc) is 2.88. The highest BCUT2D eigenvalue weighted by molar-refractivity contribution is 5.87. The zero-order chi connectivity index (χ0) is 18.8. The molecule has 0 bridgehead atoms. The summed E-state index contributed by atoms with van der Waals surface area (Å²) < 4.78 is 11.1. The molecule has 5 nitrogen and oxygen atoms in total. The number of likely N-dealkylation sites (tertiary alicyclic amines) is 1. The molecule has 26 heavy (non-hydrogen) atoms. The van der Waals surface area contributed by atoms with Gasteiger partial charge in [0, 0.05) is 18.5 Å². The van der Waals surface area contributed by atoms with Crippen LogP contribution in [0.2, 0.25) is 0 Å². The first-order valence-electron chi connectivity index (χ1n) is 9.30. The first-order chi connectivity index (χ1) is 12.4. The van der Waals surface area contributed by atoms with Gasteiger partial charge in [-0.1, -0.05) is 44.2 Å². The quantitative estimate of drug-likeness (QED) is 0.760. The van der Waals surface area contributed by atoms with Gasteiger partial charge >= 0.3 is 5.97 Å². The van der Waals surface area contributed by atoms with E-state index in [1.54, 1.807) is 13.8 Å². The lowest BCUT2D eigenvalue weighted by Gasteiger charge is -2.36. The molecule has 5 heteroatoms. The van der Waals surface area contributed by atoms with Gasteiger partial charge in [-0.3, -0.25) is 4.79 Å². The number of amides is 1. The van der Waals surface area contributed by atoms with Gasteiger partial charge in [0.2, 0.25) is 12.0 Å². The van der Waals surface area contributed by atoms with Crippen LogP contribution in [0.5, 0.6) is 0 Å². The third-order valence-electron chi connectivity index (χ3n) is 5.21. The number of hydrogen-bond acceptors (Lipinski definition) is 4. The minimum Gasteiger partial charge on any atom is -0.483 e. The minimum atomic E-state index is -0.734. The van der Waals surface area contributed by atoms with E-state index in [2.05, 4.69) is 13.8 Å². The first kappa shape index (κ1) is 18.5. The van der Waals surface area contributed by atoms with Crippen molar-refractivity contribution in [2.24, 2.45) is 17.8 Å². The monoisotopic (exact) mass is 357 g/mol. The smallest absolute Gasteiger partial charge is 0.347 e. The lowest BCUT2D eigenvalue weighted by atomic mass is 9.79. The maximum Gasteiger partial charge on any atom is 0.347 e. The Morgan fingerprint density at radius 2 is 1.96 bits per heavy atom.